The lowest BCUT2D eigenvalue weighted by Gasteiger charge is -2.30. The van der Waals surface area contributed by atoms with Crippen LogP contribution in [-0.2, 0) is 9.53 Å². The molecule has 2 amide bonds. The van der Waals surface area contributed by atoms with Gasteiger partial charge >= 0.3 is 6.09 Å². The lowest BCUT2D eigenvalue weighted by molar-refractivity contribution is -0.123. The first-order valence-electron chi connectivity index (χ1n) is 4.86. The Hall–Kier alpha value is -1.26. The normalized spacial score (nSPS) is 21.8. The molecule has 1 rings (SSSR count). The number of carbonyl (C=O) groups is 2. The van der Waals surface area contributed by atoms with Crippen LogP contribution in [0.1, 0.15) is 19.8 Å². The van der Waals surface area contributed by atoms with Crippen molar-refractivity contribution in [2.24, 2.45) is 11.7 Å². The number of piperidine rings is 1. The van der Waals surface area contributed by atoms with Crippen molar-refractivity contribution in [3.63, 3.8) is 0 Å². The van der Waals surface area contributed by atoms with Crippen molar-refractivity contribution in [3.8, 4) is 0 Å². The van der Waals surface area contributed by atoms with Crippen LogP contribution in [0.4, 0.5) is 4.79 Å². The molecule has 0 radical (unpaired) electrons. The Kier molecular flexibility index (Phi) is 3.73. The third kappa shape index (κ3) is 2.61. The average Bonchev–Trinajstić information content (AvgIpc) is 2.18. The van der Waals surface area contributed by atoms with Crippen molar-refractivity contribution in [1.29, 1.82) is 0 Å². The molecule has 1 heterocycles. The molecule has 80 valence electrons. The fourth-order valence-corrected chi connectivity index (χ4v) is 1.59. The van der Waals surface area contributed by atoms with Gasteiger partial charge in [-0.25, -0.2) is 4.79 Å². The quantitative estimate of drug-likeness (QED) is 0.698. The molecule has 0 aromatic heterocycles. The summed E-state index contributed by atoms with van der Waals surface area (Å²) in [6, 6.07) is 0. The highest BCUT2D eigenvalue weighted by Crippen LogP contribution is 2.16. The van der Waals surface area contributed by atoms with Gasteiger partial charge in [-0.3, -0.25) is 4.79 Å². The van der Waals surface area contributed by atoms with Gasteiger partial charge in [-0.1, -0.05) is 0 Å². The summed E-state index contributed by atoms with van der Waals surface area (Å²) in [5.74, 6) is -0.549. The Balaban J connectivity index is 2.47. The van der Waals surface area contributed by atoms with Gasteiger partial charge < -0.3 is 15.4 Å². The maximum absolute atomic E-state index is 11.3. The molecule has 14 heavy (non-hydrogen) atoms. The summed E-state index contributed by atoms with van der Waals surface area (Å²) >= 11 is 0. The molecule has 1 atom stereocenters. The smallest absolute Gasteiger partial charge is 0.409 e. The monoisotopic (exact) mass is 200 g/mol. The van der Waals surface area contributed by atoms with Gasteiger partial charge in [0.2, 0.25) is 5.91 Å². The van der Waals surface area contributed by atoms with E-state index in [9.17, 15) is 9.59 Å². The Labute approximate surface area is 83.2 Å². The minimum Gasteiger partial charge on any atom is -0.450 e. The van der Waals surface area contributed by atoms with E-state index in [1.165, 1.54) is 0 Å². The second-order valence-electron chi connectivity index (χ2n) is 3.39. The predicted octanol–water partition coefficient (Wildman–Crippen LogP) is 0.340. The molecular weight excluding hydrogens is 184 g/mol. The molecule has 0 saturated carbocycles. The number of rotatable bonds is 2. The van der Waals surface area contributed by atoms with Gasteiger partial charge in [-0.15, -0.1) is 0 Å². The Morgan fingerprint density at radius 1 is 1.57 bits per heavy atom. The van der Waals surface area contributed by atoms with Crippen LogP contribution in [0.25, 0.3) is 0 Å². The summed E-state index contributed by atoms with van der Waals surface area (Å²) in [6.45, 7) is 3.17. The minimum absolute atomic E-state index is 0.215. The summed E-state index contributed by atoms with van der Waals surface area (Å²) in [4.78, 5) is 23.8. The highest BCUT2D eigenvalue weighted by atomic mass is 16.6. The highest BCUT2D eigenvalue weighted by Gasteiger charge is 2.27. The number of hydrogen-bond acceptors (Lipinski definition) is 3. The van der Waals surface area contributed by atoms with Crippen LogP contribution in [0.3, 0.4) is 0 Å². The molecule has 1 aliphatic heterocycles. The van der Waals surface area contributed by atoms with Crippen molar-refractivity contribution >= 4 is 12.0 Å². The van der Waals surface area contributed by atoms with Crippen LogP contribution in [0, 0.1) is 5.92 Å². The van der Waals surface area contributed by atoms with Gasteiger partial charge in [0.05, 0.1) is 12.5 Å². The lowest BCUT2D eigenvalue weighted by atomic mass is 9.98. The van der Waals surface area contributed by atoms with Gasteiger partial charge in [-0.2, -0.15) is 0 Å². The van der Waals surface area contributed by atoms with E-state index in [4.69, 9.17) is 10.5 Å². The molecule has 1 saturated heterocycles. The van der Waals surface area contributed by atoms with Crippen molar-refractivity contribution in [2.75, 3.05) is 19.7 Å². The number of nitrogens with two attached hydrogens (primary N) is 1. The summed E-state index contributed by atoms with van der Waals surface area (Å²) in [6.07, 6.45) is 1.23. The minimum atomic E-state index is -0.349. The zero-order valence-electron chi connectivity index (χ0n) is 8.36. The summed E-state index contributed by atoms with van der Waals surface area (Å²) in [5.41, 5.74) is 5.19. The molecule has 0 aromatic rings. The zero-order chi connectivity index (χ0) is 10.6. The van der Waals surface area contributed by atoms with Crippen molar-refractivity contribution in [3.05, 3.63) is 0 Å². The molecular formula is C9H16N2O3. The number of primary amides is 1. The van der Waals surface area contributed by atoms with Crippen LogP contribution >= 0.6 is 0 Å². The number of likely N-dealkylation sites (tertiary alicyclic amines) is 1. The van der Waals surface area contributed by atoms with E-state index in [-0.39, 0.29) is 17.9 Å². The Bertz CT molecular complexity index is 230. The number of carbonyl (C=O) groups excluding carboxylic acids is 2. The molecule has 0 aliphatic carbocycles. The van der Waals surface area contributed by atoms with Crippen molar-refractivity contribution in [1.82, 2.24) is 4.90 Å². The van der Waals surface area contributed by atoms with Crippen molar-refractivity contribution in [2.45, 2.75) is 19.8 Å². The number of nitrogens with zero attached hydrogens (tertiary/aromatic N) is 1. The fraction of sp³-hybridized carbons (Fsp3) is 0.778. The first-order chi connectivity index (χ1) is 6.65. The van der Waals surface area contributed by atoms with Crippen LogP contribution in [0.15, 0.2) is 0 Å². The van der Waals surface area contributed by atoms with E-state index in [2.05, 4.69) is 0 Å². The predicted molar refractivity (Wildman–Crippen MR) is 50.5 cm³/mol. The zero-order valence-corrected chi connectivity index (χ0v) is 8.36. The third-order valence-electron chi connectivity index (χ3n) is 2.35. The standard InChI is InChI=1S/C9H16N2O3/c1-2-14-9(13)11-5-3-4-7(6-11)8(10)12/h7H,2-6H2,1H3,(H2,10,12). The van der Waals surface area contributed by atoms with E-state index < -0.39 is 0 Å². The molecule has 5 nitrogen and oxygen atoms in total. The van der Waals surface area contributed by atoms with E-state index in [1.54, 1.807) is 11.8 Å². The van der Waals surface area contributed by atoms with Gasteiger partial charge in [0.1, 0.15) is 0 Å². The molecule has 1 fully saturated rings. The topological polar surface area (TPSA) is 72.6 Å². The molecule has 0 spiro atoms. The number of amides is 2. The average molecular weight is 200 g/mol. The van der Waals surface area contributed by atoms with Crippen LogP contribution in [-0.4, -0.2) is 36.6 Å². The second-order valence-corrected chi connectivity index (χ2v) is 3.39. The summed E-state index contributed by atoms with van der Waals surface area (Å²) in [7, 11) is 0. The first-order valence-corrected chi connectivity index (χ1v) is 4.86. The number of hydrogen-bond donors (Lipinski definition) is 1. The number of ether oxygens (including phenoxy) is 1. The Morgan fingerprint density at radius 3 is 2.86 bits per heavy atom. The molecule has 1 aliphatic rings. The van der Waals surface area contributed by atoms with Crippen LogP contribution < -0.4 is 5.73 Å². The van der Waals surface area contributed by atoms with E-state index in [0.29, 0.717) is 19.7 Å². The van der Waals surface area contributed by atoms with E-state index in [0.717, 1.165) is 12.8 Å². The van der Waals surface area contributed by atoms with Gasteiger partial charge in [-0.05, 0) is 19.8 Å². The first kappa shape index (κ1) is 10.8. The fourth-order valence-electron chi connectivity index (χ4n) is 1.59. The molecule has 0 bridgehead atoms. The van der Waals surface area contributed by atoms with Gasteiger partial charge in [0.15, 0.2) is 0 Å². The summed E-state index contributed by atoms with van der Waals surface area (Å²) < 4.78 is 4.84. The lowest BCUT2D eigenvalue weighted by Crippen LogP contribution is -2.44. The third-order valence-corrected chi connectivity index (χ3v) is 2.35. The molecule has 2 N–H and O–H groups in total. The maximum atomic E-state index is 11.3. The highest BCUT2D eigenvalue weighted by molar-refractivity contribution is 5.78. The largest absolute Gasteiger partial charge is 0.450 e. The SMILES string of the molecule is CCOC(=O)N1CCCC(C(N)=O)C1. The van der Waals surface area contributed by atoms with E-state index >= 15 is 0 Å². The van der Waals surface area contributed by atoms with Crippen molar-refractivity contribution < 1.29 is 14.3 Å². The Morgan fingerprint density at radius 2 is 2.29 bits per heavy atom. The van der Waals surface area contributed by atoms with Crippen LogP contribution in [0.2, 0.25) is 0 Å². The van der Waals surface area contributed by atoms with Crippen LogP contribution in [0.5, 0.6) is 0 Å². The summed E-state index contributed by atoms with van der Waals surface area (Å²) in [5, 5.41) is 0. The second kappa shape index (κ2) is 4.83. The molecule has 1 unspecified atom stereocenters. The van der Waals surface area contributed by atoms with E-state index in [1.807, 2.05) is 0 Å². The molecule has 5 heteroatoms. The molecule has 0 aromatic carbocycles. The van der Waals surface area contributed by atoms with Gasteiger partial charge in [0, 0.05) is 13.1 Å². The van der Waals surface area contributed by atoms with Gasteiger partial charge in [0.25, 0.3) is 0 Å². The maximum Gasteiger partial charge on any atom is 0.409 e.